The van der Waals surface area contributed by atoms with Crippen molar-refractivity contribution in [3.8, 4) is 5.75 Å². The molecule has 1 aromatic rings. The number of primary amides is 1. The maximum absolute atomic E-state index is 11.3. The highest BCUT2D eigenvalue weighted by molar-refractivity contribution is 5.96. The Morgan fingerprint density at radius 1 is 1.47 bits per heavy atom. The van der Waals surface area contributed by atoms with E-state index < -0.39 is 5.91 Å². The van der Waals surface area contributed by atoms with Crippen molar-refractivity contribution in [2.75, 3.05) is 32.0 Å². The van der Waals surface area contributed by atoms with E-state index in [1.807, 2.05) is 0 Å². The molecule has 0 unspecified atom stereocenters. The van der Waals surface area contributed by atoms with Crippen molar-refractivity contribution in [3.63, 3.8) is 0 Å². The fraction of sp³-hybridized carbons (Fsp3) is 0.333. The first-order valence-electron chi connectivity index (χ1n) is 5.93. The van der Waals surface area contributed by atoms with Crippen LogP contribution in [0.15, 0.2) is 18.2 Å². The van der Waals surface area contributed by atoms with Gasteiger partial charge in [-0.25, -0.2) is 4.79 Å². The second kappa shape index (κ2) is 5.47. The van der Waals surface area contributed by atoms with Gasteiger partial charge in [-0.3, -0.25) is 4.79 Å². The number of benzene rings is 1. The lowest BCUT2D eigenvalue weighted by atomic mass is 10.1. The van der Waals surface area contributed by atoms with E-state index in [1.54, 1.807) is 17.0 Å². The largest absolute Gasteiger partial charge is 0.491 e. The molecule has 1 saturated heterocycles. The monoisotopic (exact) mass is 264 g/mol. The van der Waals surface area contributed by atoms with Crippen LogP contribution in [0, 0.1) is 0 Å². The third-order valence-electron chi connectivity index (χ3n) is 2.83. The molecule has 1 aliphatic heterocycles. The van der Waals surface area contributed by atoms with Gasteiger partial charge in [0.2, 0.25) is 0 Å². The summed E-state index contributed by atoms with van der Waals surface area (Å²) in [6, 6.07) is 4.60. The Balaban J connectivity index is 1.95. The average molecular weight is 264 g/mol. The first-order chi connectivity index (χ1) is 9.08. The van der Waals surface area contributed by atoms with Crippen molar-refractivity contribution in [2.45, 2.75) is 0 Å². The SMILES string of the molecule is NC(=O)c1cc(N)ccc1OCCN1CCNC1=O. The van der Waals surface area contributed by atoms with Gasteiger partial charge in [-0.15, -0.1) is 0 Å². The molecule has 1 heterocycles. The Morgan fingerprint density at radius 3 is 2.89 bits per heavy atom. The van der Waals surface area contributed by atoms with Crippen LogP contribution in [0.4, 0.5) is 10.5 Å². The molecule has 1 fully saturated rings. The van der Waals surface area contributed by atoms with Crippen LogP contribution in [0.25, 0.3) is 0 Å². The molecule has 0 aromatic heterocycles. The molecule has 0 atom stereocenters. The van der Waals surface area contributed by atoms with Crippen molar-refractivity contribution < 1.29 is 14.3 Å². The molecule has 7 nitrogen and oxygen atoms in total. The number of nitrogens with one attached hydrogen (secondary N) is 1. The maximum Gasteiger partial charge on any atom is 0.317 e. The highest BCUT2D eigenvalue weighted by atomic mass is 16.5. The molecule has 19 heavy (non-hydrogen) atoms. The van der Waals surface area contributed by atoms with Crippen LogP contribution < -0.4 is 21.5 Å². The van der Waals surface area contributed by atoms with E-state index in [-0.39, 0.29) is 18.2 Å². The highest BCUT2D eigenvalue weighted by Crippen LogP contribution is 2.20. The molecule has 0 radical (unpaired) electrons. The molecule has 3 amide bonds. The number of ether oxygens (including phenoxy) is 1. The number of amides is 3. The van der Waals surface area contributed by atoms with E-state index in [0.29, 0.717) is 31.1 Å². The average Bonchev–Trinajstić information content (AvgIpc) is 2.77. The van der Waals surface area contributed by atoms with Gasteiger partial charge in [-0.1, -0.05) is 0 Å². The van der Waals surface area contributed by atoms with Gasteiger partial charge in [0.25, 0.3) is 5.91 Å². The Morgan fingerprint density at radius 2 is 2.26 bits per heavy atom. The topological polar surface area (TPSA) is 111 Å². The number of hydrogen-bond donors (Lipinski definition) is 3. The van der Waals surface area contributed by atoms with Crippen molar-refractivity contribution in [1.29, 1.82) is 0 Å². The van der Waals surface area contributed by atoms with Gasteiger partial charge in [-0.05, 0) is 18.2 Å². The predicted molar refractivity (Wildman–Crippen MR) is 69.8 cm³/mol. The molecule has 2 rings (SSSR count). The Kier molecular flexibility index (Phi) is 3.74. The number of nitrogen functional groups attached to an aromatic ring is 1. The third kappa shape index (κ3) is 3.06. The van der Waals surface area contributed by atoms with E-state index in [9.17, 15) is 9.59 Å². The molecule has 0 aliphatic carbocycles. The first kappa shape index (κ1) is 13.0. The van der Waals surface area contributed by atoms with Gasteiger partial charge >= 0.3 is 6.03 Å². The van der Waals surface area contributed by atoms with Gasteiger partial charge in [0.15, 0.2) is 0 Å². The number of carbonyl (C=O) groups excluding carboxylic acids is 2. The predicted octanol–water partition coefficient (Wildman–Crippen LogP) is -0.228. The van der Waals surface area contributed by atoms with Crippen LogP contribution in [0.2, 0.25) is 0 Å². The Bertz CT molecular complexity index is 504. The smallest absolute Gasteiger partial charge is 0.317 e. The van der Waals surface area contributed by atoms with Gasteiger partial charge in [0.1, 0.15) is 12.4 Å². The summed E-state index contributed by atoms with van der Waals surface area (Å²) in [5, 5.41) is 2.70. The lowest BCUT2D eigenvalue weighted by molar-refractivity contribution is 0.0995. The zero-order chi connectivity index (χ0) is 13.8. The standard InChI is InChI=1S/C12H16N4O3/c13-8-1-2-10(9(7-8)11(14)17)19-6-5-16-4-3-15-12(16)18/h1-2,7H,3-6,13H2,(H2,14,17)(H,15,18). The van der Waals surface area contributed by atoms with Crippen molar-refractivity contribution in [2.24, 2.45) is 5.73 Å². The summed E-state index contributed by atoms with van der Waals surface area (Å²) >= 11 is 0. The number of hydrogen-bond acceptors (Lipinski definition) is 4. The van der Waals surface area contributed by atoms with E-state index in [1.165, 1.54) is 6.07 Å². The molecular formula is C12H16N4O3. The molecule has 5 N–H and O–H groups in total. The zero-order valence-corrected chi connectivity index (χ0v) is 10.4. The van der Waals surface area contributed by atoms with Gasteiger partial charge in [0.05, 0.1) is 12.1 Å². The molecule has 0 saturated carbocycles. The molecule has 7 heteroatoms. The summed E-state index contributed by atoms with van der Waals surface area (Å²) in [7, 11) is 0. The van der Waals surface area contributed by atoms with Crippen molar-refractivity contribution >= 4 is 17.6 Å². The lowest BCUT2D eigenvalue weighted by Crippen LogP contribution is -2.32. The fourth-order valence-electron chi connectivity index (χ4n) is 1.86. The van der Waals surface area contributed by atoms with Crippen LogP contribution in [0.3, 0.4) is 0 Å². The summed E-state index contributed by atoms with van der Waals surface area (Å²) in [5.74, 6) is -0.220. The van der Waals surface area contributed by atoms with E-state index in [0.717, 1.165) is 0 Å². The second-order valence-electron chi connectivity index (χ2n) is 4.19. The number of anilines is 1. The number of carbonyl (C=O) groups is 2. The van der Waals surface area contributed by atoms with Crippen LogP contribution in [0.5, 0.6) is 5.75 Å². The van der Waals surface area contributed by atoms with Crippen LogP contribution in [0.1, 0.15) is 10.4 Å². The number of nitrogens with zero attached hydrogens (tertiary/aromatic N) is 1. The van der Waals surface area contributed by atoms with Crippen LogP contribution in [-0.2, 0) is 0 Å². The molecule has 0 spiro atoms. The zero-order valence-electron chi connectivity index (χ0n) is 10.4. The minimum absolute atomic E-state index is 0.101. The summed E-state index contributed by atoms with van der Waals surface area (Å²) in [6.07, 6.45) is 0. The summed E-state index contributed by atoms with van der Waals surface area (Å²) in [5.41, 5.74) is 11.5. The highest BCUT2D eigenvalue weighted by Gasteiger charge is 2.19. The third-order valence-corrected chi connectivity index (χ3v) is 2.83. The fourth-order valence-corrected chi connectivity index (χ4v) is 1.86. The minimum Gasteiger partial charge on any atom is -0.491 e. The molecular weight excluding hydrogens is 248 g/mol. The Labute approximate surface area is 110 Å². The molecule has 1 aromatic carbocycles. The number of nitrogens with two attached hydrogens (primary N) is 2. The van der Waals surface area contributed by atoms with Crippen molar-refractivity contribution in [3.05, 3.63) is 23.8 Å². The summed E-state index contributed by atoms with van der Waals surface area (Å²) < 4.78 is 5.49. The van der Waals surface area contributed by atoms with Crippen LogP contribution >= 0.6 is 0 Å². The van der Waals surface area contributed by atoms with E-state index in [4.69, 9.17) is 16.2 Å². The molecule has 0 bridgehead atoms. The first-order valence-corrected chi connectivity index (χ1v) is 5.93. The quantitative estimate of drug-likeness (QED) is 0.638. The Hall–Kier alpha value is -2.44. The van der Waals surface area contributed by atoms with Gasteiger partial charge in [0, 0.05) is 18.8 Å². The minimum atomic E-state index is -0.596. The van der Waals surface area contributed by atoms with Gasteiger partial charge in [-0.2, -0.15) is 0 Å². The van der Waals surface area contributed by atoms with Crippen molar-refractivity contribution in [1.82, 2.24) is 10.2 Å². The van der Waals surface area contributed by atoms with E-state index >= 15 is 0 Å². The van der Waals surface area contributed by atoms with Gasteiger partial charge < -0.3 is 26.4 Å². The lowest BCUT2D eigenvalue weighted by Gasteiger charge is -2.15. The maximum atomic E-state index is 11.3. The van der Waals surface area contributed by atoms with E-state index in [2.05, 4.69) is 5.32 Å². The molecule has 102 valence electrons. The second-order valence-corrected chi connectivity index (χ2v) is 4.19. The molecule has 1 aliphatic rings. The normalized spacial score (nSPS) is 14.3. The van der Waals surface area contributed by atoms with Crippen LogP contribution in [-0.4, -0.2) is 43.1 Å². The number of urea groups is 1. The number of rotatable bonds is 5. The summed E-state index contributed by atoms with van der Waals surface area (Å²) in [6.45, 7) is 2.05. The summed E-state index contributed by atoms with van der Waals surface area (Å²) in [4.78, 5) is 24.2.